The largest absolute Gasteiger partial charge is 0.377 e. The zero-order valence-corrected chi connectivity index (χ0v) is 14.5. The summed E-state index contributed by atoms with van der Waals surface area (Å²) in [7, 11) is 0. The highest BCUT2D eigenvalue weighted by Crippen LogP contribution is 2.36. The molecule has 8 heteroatoms. The van der Waals surface area contributed by atoms with E-state index < -0.39 is 0 Å². The Morgan fingerprint density at radius 1 is 1.20 bits per heavy atom. The molecule has 0 N–H and O–H groups in total. The summed E-state index contributed by atoms with van der Waals surface area (Å²) in [6.07, 6.45) is 4.33. The maximum atomic E-state index is 5.63. The van der Waals surface area contributed by atoms with Gasteiger partial charge in [-0.15, -0.1) is 11.3 Å². The summed E-state index contributed by atoms with van der Waals surface area (Å²) in [5, 5.41) is 3.16. The molecule has 0 aliphatic carbocycles. The molecule has 0 aromatic carbocycles. The maximum absolute atomic E-state index is 5.63. The molecule has 2 aliphatic rings. The lowest BCUT2D eigenvalue weighted by molar-refractivity contribution is 0.0906. The van der Waals surface area contributed by atoms with Gasteiger partial charge in [-0.2, -0.15) is 0 Å². The van der Waals surface area contributed by atoms with Gasteiger partial charge >= 0.3 is 0 Å². The highest BCUT2D eigenvalue weighted by molar-refractivity contribution is 9.11. The molecule has 4 heterocycles. The van der Waals surface area contributed by atoms with Gasteiger partial charge in [0.15, 0.2) is 15.7 Å². The molecule has 5 nitrogen and oxygen atoms in total. The molecule has 0 radical (unpaired) electrons. The van der Waals surface area contributed by atoms with E-state index in [1.807, 2.05) is 10.8 Å². The standard InChI is InChI=1S/C12H12Br2N4OS/c13-9-3-17(11(14)15-9)10-6-20-12(16-10)18-7-1-2-8(18)5-19-4-7/h3,6-8H,1-2,4-5H2/t7-,8+. The van der Waals surface area contributed by atoms with E-state index in [1.165, 1.54) is 12.8 Å². The highest BCUT2D eigenvalue weighted by Gasteiger charge is 2.38. The number of ether oxygens (including phenoxy) is 1. The van der Waals surface area contributed by atoms with Crippen LogP contribution >= 0.6 is 43.2 Å². The number of aromatic nitrogens is 3. The normalized spacial score (nSPS) is 25.4. The lowest BCUT2D eigenvalue weighted by Gasteiger charge is -2.34. The number of fused-ring (bicyclic) bond motifs is 2. The minimum Gasteiger partial charge on any atom is -0.377 e. The molecule has 0 spiro atoms. The Labute approximate surface area is 137 Å². The summed E-state index contributed by atoms with van der Waals surface area (Å²) in [5.41, 5.74) is 0. The minimum absolute atomic E-state index is 0.491. The Morgan fingerprint density at radius 3 is 2.60 bits per heavy atom. The molecule has 0 saturated carbocycles. The second-order valence-corrected chi connectivity index (χ2v) is 7.38. The summed E-state index contributed by atoms with van der Waals surface area (Å²) in [5.74, 6) is 0.904. The van der Waals surface area contributed by atoms with E-state index in [0.717, 1.165) is 33.5 Å². The quantitative estimate of drug-likeness (QED) is 0.749. The number of anilines is 1. The Kier molecular flexibility index (Phi) is 3.36. The van der Waals surface area contributed by atoms with Crippen molar-refractivity contribution < 1.29 is 4.74 Å². The van der Waals surface area contributed by atoms with E-state index in [0.29, 0.717) is 12.1 Å². The van der Waals surface area contributed by atoms with Crippen LogP contribution in [-0.2, 0) is 4.74 Å². The van der Waals surface area contributed by atoms with E-state index >= 15 is 0 Å². The molecule has 2 aliphatic heterocycles. The summed E-state index contributed by atoms with van der Waals surface area (Å²) < 4.78 is 9.12. The van der Waals surface area contributed by atoms with Gasteiger partial charge in [-0.05, 0) is 44.7 Å². The summed E-state index contributed by atoms with van der Waals surface area (Å²) in [6, 6.07) is 0.983. The highest BCUT2D eigenvalue weighted by atomic mass is 79.9. The molecule has 2 fully saturated rings. The molecule has 2 atom stereocenters. The fourth-order valence-corrected chi connectivity index (χ4v) is 4.95. The molecule has 2 saturated heterocycles. The third-order valence-corrected chi connectivity index (χ3v) is 5.60. The summed E-state index contributed by atoms with van der Waals surface area (Å²) >= 11 is 8.52. The van der Waals surface area contributed by atoms with Crippen LogP contribution in [-0.4, -0.2) is 39.8 Å². The van der Waals surface area contributed by atoms with Crippen molar-refractivity contribution in [3.05, 3.63) is 20.9 Å². The second-order valence-electron chi connectivity index (χ2n) is 5.02. The zero-order valence-electron chi connectivity index (χ0n) is 10.5. The number of hydrogen-bond donors (Lipinski definition) is 0. The number of rotatable bonds is 2. The summed E-state index contributed by atoms with van der Waals surface area (Å²) in [4.78, 5) is 11.5. The number of nitrogens with zero attached hydrogens (tertiary/aromatic N) is 4. The first kappa shape index (κ1) is 13.2. The van der Waals surface area contributed by atoms with Gasteiger partial charge in [-0.1, -0.05) is 0 Å². The minimum atomic E-state index is 0.491. The number of thiazole rings is 1. The van der Waals surface area contributed by atoms with Crippen molar-refractivity contribution in [2.24, 2.45) is 0 Å². The Morgan fingerprint density at radius 2 is 1.95 bits per heavy atom. The van der Waals surface area contributed by atoms with Gasteiger partial charge in [0.2, 0.25) is 0 Å². The predicted molar refractivity (Wildman–Crippen MR) is 84.7 cm³/mol. The molecule has 2 aromatic heterocycles. The van der Waals surface area contributed by atoms with Gasteiger partial charge in [0.05, 0.1) is 25.3 Å². The van der Waals surface area contributed by atoms with Crippen LogP contribution in [0.4, 0.5) is 5.13 Å². The molecule has 4 rings (SSSR count). The molecule has 0 amide bonds. The average Bonchev–Trinajstić information content (AvgIpc) is 3.07. The Bertz CT molecular complexity index is 627. The van der Waals surface area contributed by atoms with Gasteiger partial charge < -0.3 is 9.64 Å². The van der Waals surface area contributed by atoms with Crippen molar-refractivity contribution in [2.75, 3.05) is 18.1 Å². The van der Waals surface area contributed by atoms with E-state index in [2.05, 4.69) is 47.1 Å². The van der Waals surface area contributed by atoms with Gasteiger partial charge in [-0.25, -0.2) is 9.97 Å². The van der Waals surface area contributed by atoms with Crippen molar-refractivity contribution in [3.63, 3.8) is 0 Å². The zero-order chi connectivity index (χ0) is 13.7. The van der Waals surface area contributed by atoms with E-state index in [1.54, 1.807) is 11.3 Å². The van der Waals surface area contributed by atoms with Crippen LogP contribution in [0.3, 0.4) is 0 Å². The van der Waals surface area contributed by atoms with Gasteiger partial charge in [0.1, 0.15) is 4.60 Å². The van der Waals surface area contributed by atoms with E-state index in [4.69, 9.17) is 9.72 Å². The molecule has 0 unspecified atom stereocenters. The van der Waals surface area contributed by atoms with Gasteiger partial charge in [0.25, 0.3) is 0 Å². The van der Waals surface area contributed by atoms with Crippen molar-refractivity contribution in [1.29, 1.82) is 0 Å². The van der Waals surface area contributed by atoms with Crippen LogP contribution < -0.4 is 4.90 Å². The molecule has 20 heavy (non-hydrogen) atoms. The monoisotopic (exact) mass is 418 g/mol. The van der Waals surface area contributed by atoms with Crippen molar-refractivity contribution in [3.8, 4) is 5.82 Å². The first-order valence-corrected chi connectivity index (χ1v) is 8.91. The van der Waals surface area contributed by atoms with Crippen LogP contribution in [0.5, 0.6) is 0 Å². The Hall–Kier alpha value is -0.440. The smallest absolute Gasteiger partial charge is 0.188 e. The van der Waals surface area contributed by atoms with Crippen LogP contribution in [0.2, 0.25) is 0 Å². The SMILES string of the molecule is Brc1cn(-c2csc(N3[C@@H]4CC[C@H]3COC4)n2)c(Br)n1. The first-order chi connectivity index (χ1) is 9.72. The van der Waals surface area contributed by atoms with Gasteiger partial charge in [-0.3, -0.25) is 4.57 Å². The van der Waals surface area contributed by atoms with Crippen molar-refractivity contribution in [1.82, 2.24) is 14.5 Å². The van der Waals surface area contributed by atoms with Crippen LogP contribution in [0, 0.1) is 0 Å². The third-order valence-electron chi connectivity index (χ3n) is 3.82. The van der Waals surface area contributed by atoms with E-state index in [-0.39, 0.29) is 0 Å². The topological polar surface area (TPSA) is 43.2 Å². The molecular weight excluding hydrogens is 408 g/mol. The van der Waals surface area contributed by atoms with Crippen molar-refractivity contribution in [2.45, 2.75) is 24.9 Å². The fourth-order valence-electron chi connectivity index (χ4n) is 2.92. The van der Waals surface area contributed by atoms with E-state index in [9.17, 15) is 0 Å². The summed E-state index contributed by atoms with van der Waals surface area (Å²) in [6.45, 7) is 1.65. The third kappa shape index (κ3) is 2.13. The van der Waals surface area contributed by atoms with Crippen LogP contribution in [0.1, 0.15) is 12.8 Å². The number of morpholine rings is 1. The second kappa shape index (κ2) is 5.08. The maximum Gasteiger partial charge on any atom is 0.188 e. The number of hydrogen-bond acceptors (Lipinski definition) is 5. The number of imidazole rings is 1. The van der Waals surface area contributed by atoms with Crippen molar-refractivity contribution >= 4 is 48.3 Å². The lowest BCUT2D eigenvalue weighted by Crippen LogP contribution is -2.45. The average molecular weight is 420 g/mol. The first-order valence-electron chi connectivity index (χ1n) is 6.45. The lowest BCUT2D eigenvalue weighted by atomic mass is 10.2. The Balaban J connectivity index is 1.67. The molecular formula is C12H12Br2N4OS. The molecule has 2 aromatic rings. The molecule has 2 bridgehead atoms. The predicted octanol–water partition coefficient (Wildman–Crippen LogP) is 3.22. The van der Waals surface area contributed by atoms with Crippen LogP contribution in [0.15, 0.2) is 20.9 Å². The molecule has 106 valence electrons. The fraction of sp³-hybridized carbons (Fsp3) is 0.500. The number of halogens is 2. The van der Waals surface area contributed by atoms with Gasteiger partial charge in [0, 0.05) is 11.6 Å². The van der Waals surface area contributed by atoms with Crippen LogP contribution in [0.25, 0.3) is 5.82 Å².